The normalized spacial score (nSPS) is 10.4. The van der Waals surface area contributed by atoms with E-state index in [2.05, 4.69) is 5.32 Å². The standard InChI is InChI=1S/C18H15NO4/c20-16(10-11-17(21)22)19-12-13-6-8-15(9-7-13)18(23)14-4-2-1-3-5-14/h1-11H,12H2,(H,19,20)(H,21,22)/b11-10-. The molecule has 2 rings (SSSR count). The van der Waals surface area contributed by atoms with Crippen molar-refractivity contribution in [2.24, 2.45) is 0 Å². The summed E-state index contributed by atoms with van der Waals surface area (Å²) < 4.78 is 0. The van der Waals surface area contributed by atoms with Crippen LogP contribution < -0.4 is 5.32 Å². The number of carbonyl (C=O) groups excluding carboxylic acids is 2. The Morgan fingerprint density at radius 1 is 0.870 bits per heavy atom. The molecule has 5 nitrogen and oxygen atoms in total. The number of carboxylic acid groups (broad SMARTS) is 1. The Morgan fingerprint density at radius 3 is 2.09 bits per heavy atom. The summed E-state index contributed by atoms with van der Waals surface area (Å²) in [6.45, 7) is 0.253. The lowest BCUT2D eigenvalue weighted by molar-refractivity contribution is -0.131. The molecule has 0 aliphatic rings. The number of ketones is 1. The molecule has 0 unspecified atom stereocenters. The van der Waals surface area contributed by atoms with Crippen molar-refractivity contribution >= 4 is 17.7 Å². The highest BCUT2D eigenvalue weighted by molar-refractivity contribution is 6.08. The molecule has 2 N–H and O–H groups in total. The molecule has 0 bridgehead atoms. The summed E-state index contributed by atoms with van der Waals surface area (Å²) in [6, 6.07) is 15.9. The summed E-state index contributed by atoms with van der Waals surface area (Å²) >= 11 is 0. The van der Waals surface area contributed by atoms with E-state index in [1.54, 1.807) is 36.4 Å². The monoisotopic (exact) mass is 309 g/mol. The Bertz CT molecular complexity index is 733. The number of nitrogens with one attached hydrogen (secondary N) is 1. The molecule has 116 valence electrons. The van der Waals surface area contributed by atoms with Gasteiger partial charge in [-0.05, 0) is 5.56 Å². The van der Waals surface area contributed by atoms with E-state index >= 15 is 0 Å². The van der Waals surface area contributed by atoms with Gasteiger partial charge in [-0.1, -0.05) is 54.6 Å². The fraction of sp³-hybridized carbons (Fsp3) is 0.0556. The first kappa shape index (κ1) is 16.2. The van der Waals surface area contributed by atoms with Crippen LogP contribution in [0.1, 0.15) is 21.5 Å². The van der Waals surface area contributed by atoms with Crippen molar-refractivity contribution in [3.63, 3.8) is 0 Å². The highest BCUT2D eigenvalue weighted by Crippen LogP contribution is 2.11. The molecule has 0 saturated carbocycles. The molecule has 0 heterocycles. The molecule has 0 aliphatic carbocycles. The average Bonchev–Trinajstić information content (AvgIpc) is 2.58. The van der Waals surface area contributed by atoms with Gasteiger partial charge in [0.05, 0.1) is 0 Å². The molecule has 0 spiro atoms. The molecule has 0 fully saturated rings. The summed E-state index contributed by atoms with van der Waals surface area (Å²) in [6.07, 6.45) is 1.73. The number of carbonyl (C=O) groups is 3. The average molecular weight is 309 g/mol. The van der Waals surface area contributed by atoms with Crippen molar-refractivity contribution < 1.29 is 19.5 Å². The first-order chi connectivity index (χ1) is 11.1. The summed E-state index contributed by atoms with van der Waals surface area (Å²) in [5, 5.41) is 11.0. The van der Waals surface area contributed by atoms with Crippen LogP contribution in [0.4, 0.5) is 0 Å². The first-order valence-corrected chi connectivity index (χ1v) is 6.94. The van der Waals surface area contributed by atoms with E-state index in [1.807, 2.05) is 18.2 Å². The number of rotatable bonds is 6. The maximum Gasteiger partial charge on any atom is 0.328 e. The van der Waals surface area contributed by atoms with E-state index in [9.17, 15) is 14.4 Å². The van der Waals surface area contributed by atoms with Crippen LogP contribution in [0.5, 0.6) is 0 Å². The third-order valence-electron chi connectivity index (χ3n) is 3.10. The molecular weight excluding hydrogens is 294 g/mol. The zero-order valence-electron chi connectivity index (χ0n) is 12.2. The van der Waals surface area contributed by atoms with Crippen molar-refractivity contribution in [2.75, 3.05) is 0 Å². The molecule has 1 amide bonds. The Labute approximate surface area is 133 Å². The minimum Gasteiger partial charge on any atom is -0.478 e. The molecule has 5 heteroatoms. The number of aliphatic carboxylic acids is 1. The SMILES string of the molecule is O=C(O)/C=C\C(=O)NCc1ccc(C(=O)c2ccccc2)cc1. The van der Waals surface area contributed by atoms with Crippen LogP contribution in [0.25, 0.3) is 0 Å². The van der Waals surface area contributed by atoms with Crippen LogP contribution in [-0.2, 0) is 16.1 Å². The number of hydrogen-bond donors (Lipinski definition) is 2. The molecule has 0 aromatic heterocycles. The van der Waals surface area contributed by atoms with E-state index in [0.717, 1.165) is 17.7 Å². The Morgan fingerprint density at radius 2 is 1.48 bits per heavy atom. The van der Waals surface area contributed by atoms with Crippen molar-refractivity contribution in [3.05, 3.63) is 83.4 Å². The molecule has 0 radical (unpaired) electrons. The van der Waals surface area contributed by atoms with Crippen molar-refractivity contribution in [1.82, 2.24) is 5.32 Å². The second-order valence-electron chi connectivity index (χ2n) is 4.78. The van der Waals surface area contributed by atoms with Crippen LogP contribution >= 0.6 is 0 Å². The van der Waals surface area contributed by atoms with Crippen LogP contribution in [0.3, 0.4) is 0 Å². The summed E-state index contributed by atoms with van der Waals surface area (Å²) in [5.41, 5.74) is 2.00. The third-order valence-corrected chi connectivity index (χ3v) is 3.10. The summed E-state index contributed by atoms with van der Waals surface area (Å²) in [5.74, 6) is -1.73. The van der Waals surface area contributed by atoms with Crippen LogP contribution in [0.2, 0.25) is 0 Å². The second kappa shape index (κ2) is 7.70. The van der Waals surface area contributed by atoms with Gasteiger partial charge in [-0.2, -0.15) is 0 Å². The zero-order chi connectivity index (χ0) is 16.7. The largest absolute Gasteiger partial charge is 0.478 e. The zero-order valence-corrected chi connectivity index (χ0v) is 12.2. The van der Waals surface area contributed by atoms with Gasteiger partial charge in [-0.25, -0.2) is 4.79 Å². The van der Waals surface area contributed by atoms with Crippen LogP contribution in [0, 0.1) is 0 Å². The van der Waals surface area contributed by atoms with E-state index in [1.165, 1.54) is 0 Å². The van der Waals surface area contributed by atoms with Crippen LogP contribution in [0.15, 0.2) is 66.7 Å². The third kappa shape index (κ3) is 4.93. The van der Waals surface area contributed by atoms with E-state index in [-0.39, 0.29) is 12.3 Å². The topological polar surface area (TPSA) is 83.5 Å². The van der Waals surface area contributed by atoms with Crippen molar-refractivity contribution in [1.29, 1.82) is 0 Å². The highest BCUT2D eigenvalue weighted by Gasteiger charge is 2.08. The number of benzene rings is 2. The van der Waals surface area contributed by atoms with Gasteiger partial charge in [0, 0.05) is 29.8 Å². The maximum atomic E-state index is 12.2. The first-order valence-electron chi connectivity index (χ1n) is 6.94. The Balaban J connectivity index is 1.96. The second-order valence-corrected chi connectivity index (χ2v) is 4.78. The lowest BCUT2D eigenvalue weighted by Crippen LogP contribution is -2.20. The summed E-state index contributed by atoms with van der Waals surface area (Å²) in [7, 11) is 0. The molecule has 2 aromatic carbocycles. The lowest BCUT2D eigenvalue weighted by Gasteiger charge is -2.05. The fourth-order valence-electron chi connectivity index (χ4n) is 1.93. The Kier molecular flexibility index (Phi) is 5.41. The predicted octanol–water partition coefficient (Wildman–Crippen LogP) is 2.17. The fourth-order valence-corrected chi connectivity index (χ4v) is 1.93. The minimum atomic E-state index is -1.18. The van der Waals surface area contributed by atoms with Gasteiger partial charge >= 0.3 is 5.97 Å². The molecule has 2 aromatic rings. The van der Waals surface area contributed by atoms with Gasteiger partial charge in [0.2, 0.25) is 5.91 Å². The van der Waals surface area contributed by atoms with Gasteiger partial charge in [-0.3, -0.25) is 9.59 Å². The summed E-state index contributed by atoms with van der Waals surface area (Å²) in [4.78, 5) is 33.9. The highest BCUT2D eigenvalue weighted by atomic mass is 16.4. The van der Waals surface area contributed by atoms with Gasteiger partial charge < -0.3 is 10.4 Å². The van der Waals surface area contributed by atoms with Gasteiger partial charge in [0.1, 0.15) is 0 Å². The van der Waals surface area contributed by atoms with Crippen molar-refractivity contribution in [3.8, 4) is 0 Å². The number of amides is 1. The Hall–Kier alpha value is -3.21. The van der Waals surface area contributed by atoms with Gasteiger partial charge in [0.25, 0.3) is 0 Å². The lowest BCUT2D eigenvalue weighted by atomic mass is 10.0. The number of hydrogen-bond acceptors (Lipinski definition) is 3. The number of carboxylic acids is 1. The maximum absolute atomic E-state index is 12.2. The quantitative estimate of drug-likeness (QED) is 0.633. The van der Waals surface area contributed by atoms with E-state index < -0.39 is 11.9 Å². The van der Waals surface area contributed by atoms with E-state index in [4.69, 9.17) is 5.11 Å². The van der Waals surface area contributed by atoms with Gasteiger partial charge in [0.15, 0.2) is 5.78 Å². The van der Waals surface area contributed by atoms with Gasteiger partial charge in [-0.15, -0.1) is 0 Å². The molecule has 23 heavy (non-hydrogen) atoms. The van der Waals surface area contributed by atoms with Crippen molar-refractivity contribution in [2.45, 2.75) is 6.54 Å². The molecular formula is C18H15NO4. The molecule has 0 aliphatic heterocycles. The molecule has 0 atom stereocenters. The van der Waals surface area contributed by atoms with E-state index in [0.29, 0.717) is 11.1 Å². The minimum absolute atomic E-state index is 0.0643. The smallest absolute Gasteiger partial charge is 0.328 e. The predicted molar refractivity (Wildman–Crippen MR) is 84.9 cm³/mol. The van der Waals surface area contributed by atoms with Crippen LogP contribution in [-0.4, -0.2) is 22.8 Å². The molecule has 0 saturated heterocycles.